The summed E-state index contributed by atoms with van der Waals surface area (Å²) in [5.41, 5.74) is 2.34. The second-order valence-electron chi connectivity index (χ2n) is 11.3. The van der Waals surface area contributed by atoms with Crippen molar-refractivity contribution in [3.05, 3.63) is 102 Å². The Labute approximate surface area is 276 Å². The number of rotatable bonds is 13. The van der Waals surface area contributed by atoms with Gasteiger partial charge in [0.15, 0.2) is 5.11 Å². The van der Waals surface area contributed by atoms with E-state index in [0.717, 1.165) is 51.3 Å². The van der Waals surface area contributed by atoms with Crippen molar-refractivity contribution in [3.63, 3.8) is 0 Å². The Morgan fingerprint density at radius 2 is 1.56 bits per heavy atom. The summed E-state index contributed by atoms with van der Waals surface area (Å²) >= 11 is 7.43. The first-order valence-corrected chi connectivity index (χ1v) is 18.2. The lowest BCUT2D eigenvalue weighted by Gasteiger charge is -2.22. The maximum atomic E-state index is 13.6. The Kier molecular flexibility index (Phi) is 10.8. The summed E-state index contributed by atoms with van der Waals surface area (Å²) in [6.07, 6.45) is 13.3. The van der Waals surface area contributed by atoms with Gasteiger partial charge in [0.25, 0.3) is 16.0 Å². The van der Waals surface area contributed by atoms with E-state index in [1.165, 1.54) is 19.8 Å². The van der Waals surface area contributed by atoms with E-state index in [-0.39, 0.29) is 12.3 Å². The first-order chi connectivity index (χ1) is 21.7. The van der Waals surface area contributed by atoms with Crippen molar-refractivity contribution in [2.24, 2.45) is 0 Å². The monoisotopic (exact) mass is 661 g/mol. The molecule has 3 aromatic rings. The standard InChI is InChI=1S/C35H39N3O4S3/c1-3-4-5-6-14-22-37-34(39)30(38(35(37)43)29-17-8-7-9-18-29)19-12-13-20-33-36(23-21-26(2)45(40,41)42)31-24-27-15-10-11-16-28(27)25-32(31)44-33/h7-13,15-20,24-26H,3-6,14,21-23H2,1-2H3,(H,40,41,42)/b13-12+,30-19-,33-20+. The van der Waals surface area contributed by atoms with Crippen LogP contribution in [0, 0.1) is 0 Å². The fourth-order valence-corrected chi connectivity index (χ4v) is 7.39. The van der Waals surface area contributed by atoms with E-state index in [0.29, 0.717) is 23.9 Å². The molecule has 3 aromatic carbocycles. The number of para-hydroxylation sites is 1. The number of fused-ring (bicyclic) bond motifs is 2. The van der Waals surface area contributed by atoms with Gasteiger partial charge in [-0.2, -0.15) is 8.42 Å². The third kappa shape index (κ3) is 7.69. The number of benzene rings is 3. The molecule has 236 valence electrons. The van der Waals surface area contributed by atoms with E-state index < -0.39 is 15.4 Å². The predicted octanol–water partition coefficient (Wildman–Crippen LogP) is 8.30. The highest BCUT2D eigenvalue weighted by Gasteiger charge is 2.38. The number of thiocarbonyl (C=S) groups is 1. The molecule has 0 aromatic heterocycles. The predicted molar refractivity (Wildman–Crippen MR) is 190 cm³/mol. The Morgan fingerprint density at radius 3 is 2.27 bits per heavy atom. The number of hydrogen-bond donors (Lipinski definition) is 1. The minimum absolute atomic E-state index is 0.105. The number of anilines is 2. The molecule has 7 nitrogen and oxygen atoms in total. The van der Waals surface area contributed by atoms with Crippen LogP contribution < -0.4 is 9.80 Å². The fourth-order valence-electron chi connectivity index (χ4n) is 5.47. The van der Waals surface area contributed by atoms with Crippen LogP contribution in [0.3, 0.4) is 0 Å². The molecule has 5 rings (SSSR count). The maximum Gasteiger partial charge on any atom is 0.277 e. The SMILES string of the molecule is CCCCCCCN1C(=O)/C(=C/C=C/C=C2/Sc3cc4ccccc4cc3N2CCC(C)S(=O)(=O)O)N(c2ccccc2)C1=S. The van der Waals surface area contributed by atoms with Crippen LogP contribution in [0.1, 0.15) is 52.4 Å². The molecule has 1 unspecified atom stereocenters. The number of thioether (sulfide) groups is 1. The molecule has 0 bridgehead atoms. The normalized spacial score (nSPS) is 17.9. The molecule has 0 aliphatic carbocycles. The van der Waals surface area contributed by atoms with Crippen molar-refractivity contribution in [3.8, 4) is 0 Å². The molecule has 1 fully saturated rings. The Balaban J connectivity index is 1.41. The number of carbonyl (C=O) groups is 1. The molecular weight excluding hydrogens is 623 g/mol. The first kappa shape index (κ1) is 32.9. The van der Waals surface area contributed by atoms with E-state index in [9.17, 15) is 17.8 Å². The van der Waals surface area contributed by atoms with Crippen molar-refractivity contribution in [2.75, 3.05) is 22.9 Å². The van der Waals surface area contributed by atoms with Crippen LogP contribution in [0.2, 0.25) is 0 Å². The molecule has 0 radical (unpaired) electrons. The molecule has 1 N–H and O–H groups in total. The van der Waals surface area contributed by atoms with Gasteiger partial charge in [-0.05, 0) is 79.2 Å². The summed E-state index contributed by atoms with van der Waals surface area (Å²) in [5, 5.41) is 2.76. The average molecular weight is 662 g/mol. The molecule has 1 amide bonds. The lowest BCUT2D eigenvalue weighted by molar-refractivity contribution is -0.122. The summed E-state index contributed by atoms with van der Waals surface area (Å²) in [6, 6.07) is 22.1. The van der Waals surface area contributed by atoms with Crippen LogP contribution in [0.25, 0.3) is 10.8 Å². The number of hydrogen-bond acceptors (Lipinski definition) is 6. The van der Waals surface area contributed by atoms with Crippen molar-refractivity contribution in [1.82, 2.24) is 4.90 Å². The minimum Gasteiger partial charge on any atom is -0.335 e. The summed E-state index contributed by atoms with van der Waals surface area (Å²) in [4.78, 5) is 20.3. The van der Waals surface area contributed by atoms with E-state index in [2.05, 4.69) is 36.1 Å². The zero-order chi connectivity index (χ0) is 32.0. The van der Waals surface area contributed by atoms with Crippen LogP contribution >= 0.6 is 24.0 Å². The van der Waals surface area contributed by atoms with E-state index in [1.54, 1.807) is 16.7 Å². The van der Waals surface area contributed by atoms with Crippen molar-refractivity contribution in [2.45, 2.75) is 62.5 Å². The van der Waals surface area contributed by atoms with Crippen molar-refractivity contribution < 1.29 is 17.8 Å². The number of carbonyl (C=O) groups excluding carboxylic acids is 1. The summed E-state index contributed by atoms with van der Waals surface area (Å²) < 4.78 is 33.0. The van der Waals surface area contributed by atoms with Gasteiger partial charge in [-0.15, -0.1) is 0 Å². The molecule has 0 spiro atoms. The highest BCUT2D eigenvalue weighted by molar-refractivity contribution is 8.03. The van der Waals surface area contributed by atoms with Gasteiger partial charge in [0, 0.05) is 23.7 Å². The van der Waals surface area contributed by atoms with Crippen LogP contribution in [0.15, 0.2) is 107 Å². The third-order valence-electron chi connectivity index (χ3n) is 8.10. The van der Waals surface area contributed by atoms with E-state index in [4.69, 9.17) is 12.2 Å². The lowest BCUT2D eigenvalue weighted by Crippen LogP contribution is -2.33. The number of allylic oxidation sites excluding steroid dienone is 4. The van der Waals surface area contributed by atoms with Gasteiger partial charge in [0.2, 0.25) is 0 Å². The second-order valence-corrected chi connectivity index (χ2v) is 14.6. The quantitative estimate of drug-likeness (QED) is 0.0848. The Hall–Kier alpha value is -3.44. The van der Waals surface area contributed by atoms with Gasteiger partial charge in [-0.25, -0.2) is 0 Å². The summed E-state index contributed by atoms with van der Waals surface area (Å²) in [7, 11) is -4.13. The number of amides is 1. The Bertz CT molecular complexity index is 1750. The van der Waals surface area contributed by atoms with Gasteiger partial charge in [0.1, 0.15) is 5.70 Å². The van der Waals surface area contributed by atoms with Crippen molar-refractivity contribution >= 4 is 67.3 Å². The van der Waals surface area contributed by atoms with E-state index in [1.807, 2.05) is 71.7 Å². The van der Waals surface area contributed by atoms with E-state index >= 15 is 0 Å². The molecule has 2 aliphatic rings. The van der Waals surface area contributed by atoms with Crippen LogP contribution in [-0.4, -0.2) is 47.2 Å². The highest BCUT2D eigenvalue weighted by atomic mass is 32.2. The minimum atomic E-state index is -4.13. The van der Waals surface area contributed by atoms with Gasteiger partial charge < -0.3 is 4.90 Å². The molecule has 45 heavy (non-hydrogen) atoms. The third-order valence-corrected chi connectivity index (χ3v) is 10.9. The van der Waals surface area contributed by atoms with Gasteiger partial charge in [0.05, 0.1) is 16.0 Å². The summed E-state index contributed by atoms with van der Waals surface area (Å²) in [6.45, 7) is 4.72. The Morgan fingerprint density at radius 1 is 0.889 bits per heavy atom. The molecule has 1 saturated heterocycles. The number of unbranched alkanes of at least 4 members (excludes halogenated alkanes) is 4. The highest BCUT2D eigenvalue weighted by Crippen LogP contribution is 2.47. The fraction of sp³-hybridized carbons (Fsp3) is 0.314. The molecule has 2 heterocycles. The van der Waals surface area contributed by atoms with Crippen LogP contribution in [-0.2, 0) is 14.9 Å². The summed E-state index contributed by atoms with van der Waals surface area (Å²) in [5.74, 6) is -0.105. The molecule has 1 atom stereocenters. The maximum absolute atomic E-state index is 13.6. The first-order valence-electron chi connectivity index (χ1n) is 15.4. The smallest absolute Gasteiger partial charge is 0.277 e. The van der Waals surface area contributed by atoms with Crippen LogP contribution in [0.4, 0.5) is 11.4 Å². The lowest BCUT2D eigenvalue weighted by atomic mass is 10.1. The largest absolute Gasteiger partial charge is 0.335 e. The number of nitrogens with zero attached hydrogens (tertiary/aromatic N) is 3. The average Bonchev–Trinajstić information content (AvgIpc) is 3.48. The second kappa shape index (κ2) is 14.8. The zero-order valence-electron chi connectivity index (χ0n) is 25.6. The van der Waals surface area contributed by atoms with Crippen molar-refractivity contribution in [1.29, 1.82) is 0 Å². The molecular formula is C35H39N3O4S3. The topological polar surface area (TPSA) is 81.2 Å². The van der Waals surface area contributed by atoms with Gasteiger partial charge in [-0.3, -0.25) is 19.1 Å². The zero-order valence-corrected chi connectivity index (χ0v) is 28.1. The molecule has 2 aliphatic heterocycles. The molecule has 0 saturated carbocycles. The van der Waals surface area contributed by atoms with Gasteiger partial charge in [-0.1, -0.05) is 99.0 Å². The molecule has 10 heteroatoms. The van der Waals surface area contributed by atoms with Crippen LogP contribution in [0.5, 0.6) is 0 Å². The van der Waals surface area contributed by atoms with Gasteiger partial charge >= 0.3 is 0 Å².